The molecule has 0 amide bonds. The van der Waals surface area contributed by atoms with Crippen LogP contribution in [0.2, 0.25) is 0 Å². The van der Waals surface area contributed by atoms with Crippen molar-refractivity contribution in [2.75, 3.05) is 0 Å². The van der Waals surface area contributed by atoms with Crippen molar-refractivity contribution >= 4 is 23.1 Å². The molecular weight excluding hydrogens is 172 g/mol. The van der Waals surface area contributed by atoms with E-state index < -0.39 is 0 Å². The molecule has 1 nitrogen and oxygen atoms in total. The molecule has 0 aliphatic rings. The van der Waals surface area contributed by atoms with Crippen LogP contribution in [0.4, 0.5) is 0 Å². The summed E-state index contributed by atoms with van der Waals surface area (Å²) in [6.07, 6.45) is 5.55. The van der Waals surface area contributed by atoms with E-state index in [1.54, 1.807) is 0 Å². The van der Waals surface area contributed by atoms with Gasteiger partial charge in [-0.2, -0.15) is 0 Å². The number of hydrogen-bond acceptors (Lipinski definition) is 1. The quantitative estimate of drug-likeness (QED) is 0.433. The molecule has 0 aromatic carbocycles. The number of hydrogen-bond donors (Lipinski definition) is 1. The molecule has 0 aliphatic carbocycles. The molecule has 0 aromatic heterocycles. The first-order valence-electron chi connectivity index (χ1n) is 3.99. The zero-order valence-electron chi connectivity index (χ0n) is 7.65. The largest absolute Gasteiger partial charge is 2.00 e. The summed E-state index contributed by atoms with van der Waals surface area (Å²) >= 11 is 0. The molecule has 64 valence electrons. The van der Waals surface area contributed by atoms with Gasteiger partial charge in [0.1, 0.15) is 0 Å². The van der Waals surface area contributed by atoms with Crippen molar-refractivity contribution in [3.05, 3.63) is 0 Å². The van der Waals surface area contributed by atoms with E-state index in [9.17, 15) is 0 Å². The molecule has 0 spiro atoms. The topological polar surface area (TPSA) is 20.2 Å². The average Bonchev–Trinajstić information content (AvgIpc) is 1.89. The second kappa shape index (κ2) is 13.6. The van der Waals surface area contributed by atoms with Crippen LogP contribution in [0.5, 0.6) is 0 Å². The zero-order valence-corrected chi connectivity index (χ0v) is 9.82. The van der Waals surface area contributed by atoms with Crippen LogP contribution in [-0.4, -0.2) is 34.3 Å². The van der Waals surface area contributed by atoms with Crippen molar-refractivity contribution < 1.29 is 17.5 Å². The van der Waals surface area contributed by atoms with Crippen molar-refractivity contribution in [3.63, 3.8) is 0 Å². The summed E-state index contributed by atoms with van der Waals surface area (Å²) in [5, 5.41) is 9.08. The van der Waals surface area contributed by atoms with Crippen molar-refractivity contribution in [1.29, 1.82) is 0 Å². The number of aliphatic hydroxyl groups excluding tert-OH is 1. The fourth-order valence-electron chi connectivity index (χ4n) is 0.834. The Hall–Kier alpha value is 1.02. The van der Waals surface area contributed by atoms with Gasteiger partial charge in [0, 0.05) is 0 Å². The molecule has 0 aromatic rings. The molecule has 0 rings (SSSR count). The minimum absolute atomic E-state index is 0. The monoisotopic (exact) mass is 189 g/mol. The summed E-state index contributed by atoms with van der Waals surface area (Å²) in [5.41, 5.74) is 0. The van der Waals surface area contributed by atoms with Crippen molar-refractivity contribution in [3.8, 4) is 0 Å². The van der Waals surface area contributed by atoms with Gasteiger partial charge < -0.3 is 17.5 Å². The number of unbranched alkanes of at least 4 members (excludes halogenated alkanes) is 2. The Balaban J connectivity index is -0.000000320. The van der Waals surface area contributed by atoms with Gasteiger partial charge in [-0.05, 0) is 12.8 Å². The predicted octanol–water partition coefficient (Wildman–Crippen LogP) is -1.04. The summed E-state index contributed by atoms with van der Waals surface area (Å²) in [6, 6.07) is 0. The Morgan fingerprint density at radius 3 is 2.09 bits per heavy atom. The molecule has 3 heteroatoms. The summed E-state index contributed by atoms with van der Waals surface area (Å²) in [7, 11) is 0. The van der Waals surface area contributed by atoms with Crippen molar-refractivity contribution in [2.24, 2.45) is 0 Å². The third-order valence-electron chi connectivity index (χ3n) is 1.61. The number of rotatable bonds is 5. The predicted molar refractivity (Wildman–Crippen MR) is 46.2 cm³/mol. The van der Waals surface area contributed by atoms with E-state index in [1.165, 1.54) is 19.3 Å². The van der Waals surface area contributed by atoms with E-state index in [0.717, 1.165) is 12.8 Å². The van der Waals surface area contributed by atoms with E-state index in [0.29, 0.717) is 0 Å². The third kappa shape index (κ3) is 13.9. The summed E-state index contributed by atoms with van der Waals surface area (Å²) in [5.74, 6) is 0. The molecular formula is C8H18ClMgO+. The summed E-state index contributed by atoms with van der Waals surface area (Å²) in [4.78, 5) is 0. The maximum atomic E-state index is 9.08. The first-order chi connectivity index (χ1) is 4.31. The molecule has 0 heterocycles. The van der Waals surface area contributed by atoms with Gasteiger partial charge >= 0.3 is 23.1 Å². The van der Waals surface area contributed by atoms with Crippen LogP contribution >= 0.6 is 0 Å². The van der Waals surface area contributed by atoms with Gasteiger partial charge in [0.05, 0.1) is 6.10 Å². The molecule has 0 fully saturated rings. The maximum absolute atomic E-state index is 9.08. The van der Waals surface area contributed by atoms with E-state index in [-0.39, 0.29) is 41.6 Å². The first-order valence-corrected chi connectivity index (χ1v) is 3.99. The summed E-state index contributed by atoms with van der Waals surface area (Å²) in [6.45, 7) is 4.20. The molecule has 1 unspecified atom stereocenters. The molecule has 0 radical (unpaired) electrons. The molecule has 0 bridgehead atoms. The van der Waals surface area contributed by atoms with Crippen LogP contribution in [0.3, 0.4) is 0 Å². The van der Waals surface area contributed by atoms with Crippen molar-refractivity contribution in [1.82, 2.24) is 0 Å². The van der Waals surface area contributed by atoms with Crippen LogP contribution in [0.15, 0.2) is 0 Å². The normalized spacial score (nSPS) is 11.2. The Labute approximate surface area is 92.5 Å². The number of aliphatic hydroxyl groups is 1. The molecule has 1 atom stereocenters. The second-order valence-corrected chi connectivity index (χ2v) is 2.56. The Morgan fingerprint density at radius 1 is 1.18 bits per heavy atom. The van der Waals surface area contributed by atoms with Gasteiger partial charge in [0.15, 0.2) is 0 Å². The van der Waals surface area contributed by atoms with Crippen LogP contribution in [0, 0.1) is 0 Å². The summed E-state index contributed by atoms with van der Waals surface area (Å²) < 4.78 is 0. The maximum Gasteiger partial charge on any atom is 2.00 e. The van der Waals surface area contributed by atoms with Gasteiger partial charge in [0.25, 0.3) is 0 Å². The second-order valence-electron chi connectivity index (χ2n) is 2.56. The fraction of sp³-hybridized carbons (Fsp3) is 1.00. The first kappa shape index (κ1) is 17.9. The van der Waals surface area contributed by atoms with Gasteiger partial charge in [-0.1, -0.05) is 33.1 Å². The van der Waals surface area contributed by atoms with Gasteiger partial charge in [0.2, 0.25) is 0 Å². The molecule has 0 saturated heterocycles. The van der Waals surface area contributed by atoms with Crippen molar-refractivity contribution in [2.45, 2.75) is 52.1 Å². The minimum Gasteiger partial charge on any atom is -1.00 e. The van der Waals surface area contributed by atoms with Crippen LogP contribution in [0.25, 0.3) is 0 Å². The third-order valence-corrected chi connectivity index (χ3v) is 1.61. The van der Waals surface area contributed by atoms with Gasteiger partial charge in [-0.3, -0.25) is 0 Å². The van der Waals surface area contributed by atoms with Gasteiger partial charge in [-0.15, -0.1) is 0 Å². The smallest absolute Gasteiger partial charge is 1.00 e. The molecule has 1 N–H and O–H groups in total. The molecule has 0 saturated carbocycles. The standard InChI is InChI=1S/C8H18O.ClH.Mg/c1-3-5-6-7-8(9)4-2;;/h8-9H,3-7H2,1-2H3;1H;/q;;+2/p-1. The average molecular weight is 190 g/mol. The van der Waals surface area contributed by atoms with Crippen LogP contribution in [0.1, 0.15) is 46.0 Å². The van der Waals surface area contributed by atoms with E-state index >= 15 is 0 Å². The zero-order chi connectivity index (χ0) is 7.11. The van der Waals surface area contributed by atoms with Gasteiger partial charge in [-0.25, -0.2) is 0 Å². The number of halogens is 1. The van der Waals surface area contributed by atoms with E-state index in [2.05, 4.69) is 6.92 Å². The Bertz CT molecular complexity index is 62.1. The molecule has 11 heavy (non-hydrogen) atoms. The SMILES string of the molecule is CCCCCC(O)CC.[Cl-].[Mg+2]. The van der Waals surface area contributed by atoms with E-state index in [1.807, 2.05) is 6.92 Å². The van der Waals surface area contributed by atoms with Crippen LogP contribution < -0.4 is 12.4 Å². The van der Waals surface area contributed by atoms with Crippen LogP contribution in [-0.2, 0) is 0 Å². The minimum atomic E-state index is -0.0449. The Morgan fingerprint density at radius 2 is 1.73 bits per heavy atom. The molecule has 0 aliphatic heterocycles. The fourth-order valence-corrected chi connectivity index (χ4v) is 0.834. The Kier molecular flexibility index (Phi) is 22.2. The van der Waals surface area contributed by atoms with E-state index in [4.69, 9.17) is 5.11 Å².